The Kier molecular flexibility index (Phi) is 2.03. The van der Waals surface area contributed by atoms with Crippen molar-refractivity contribution < 1.29 is 4.42 Å². The van der Waals surface area contributed by atoms with Crippen LogP contribution in [0.25, 0.3) is 11.0 Å². The summed E-state index contributed by atoms with van der Waals surface area (Å²) in [7, 11) is 0. The third-order valence-electron chi connectivity index (χ3n) is 3.31. The molecule has 2 atom stereocenters. The fourth-order valence-electron chi connectivity index (χ4n) is 2.42. The first-order chi connectivity index (χ1) is 7.31. The lowest BCUT2D eigenvalue weighted by molar-refractivity contribution is 0.571. The lowest BCUT2D eigenvalue weighted by atomic mass is 10.1. The van der Waals surface area contributed by atoms with E-state index in [4.69, 9.17) is 16.0 Å². The van der Waals surface area contributed by atoms with E-state index in [0.717, 1.165) is 17.2 Å². The molecule has 0 saturated heterocycles. The van der Waals surface area contributed by atoms with Crippen molar-refractivity contribution in [2.75, 3.05) is 5.88 Å². The minimum absolute atomic E-state index is 0.631. The predicted molar refractivity (Wildman–Crippen MR) is 62.5 cm³/mol. The molecular weight excluding hydrogens is 208 g/mol. The maximum absolute atomic E-state index is 5.88. The van der Waals surface area contributed by atoms with Crippen LogP contribution in [0.15, 0.2) is 28.7 Å². The molecule has 0 N–H and O–H groups in total. The summed E-state index contributed by atoms with van der Waals surface area (Å²) >= 11 is 5.88. The van der Waals surface area contributed by atoms with E-state index in [2.05, 4.69) is 19.1 Å². The Labute approximate surface area is 94.0 Å². The average Bonchev–Trinajstić information content (AvgIpc) is 2.93. The summed E-state index contributed by atoms with van der Waals surface area (Å²) in [6, 6.07) is 8.26. The standard InChI is InChI=1S/C13H13ClO/c1-8-13(11-6-9(11)7-14)10-4-2-3-5-12(10)15-8/h2-5,9,11H,6-7H2,1H3. The van der Waals surface area contributed by atoms with Gasteiger partial charge in [0.05, 0.1) is 0 Å². The van der Waals surface area contributed by atoms with Crippen molar-refractivity contribution in [2.24, 2.45) is 5.92 Å². The summed E-state index contributed by atoms with van der Waals surface area (Å²) in [5, 5.41) is 1.27. The molecule has 2 unspecified atom stereocenters. The van der Waals surface area contributed by atoms with Crippen molar-refractivity contribution in [3.8, 4) is 0 Å². The van der Waals surface area contributed by atoms with Crippen LogP contribution in [0.3, 0.4) is 0 Å². The Hall–Kier alpha value is -0.950. The van der Waals surface area contributed by atoms with Gasteiger partial charge in [0, 0.05) is 16.8 Å². The van der Waals surface area contributed by atoms with Crippen molar-refractivity contribution in [3.05, 3.63) is 35.6 Å². The highest BCUT2D eigenvalue weighted by Crippen LogP contribution is 2.51. The maximum Gasteiger partial charge on any atom is 0.134 e. The molecule has 1 saturated carbocycles. The molecule has 78 valence electrons. The van der Waals surface area contributed by atoms with E-state index in [1.807, 2.05) is 12.1 Å². The van der Waals surface area contributed by atoms with E-state index in [9.17, 15) is 0 Å². The van der Waals surface area contributed by atoms with Crippen LogP contribution in [0.4, 0.5) is 0 Å². The van der Waals surface area contributed by atoms with Gasteiger partial charge in [-0.25, -0.2) is 0 Å². The number of alkyl halides is 1. The lowest BCUT2D eigenvalue weighted by Gasteiger charge is -1.96. The number of hydrogen-bond acceptors (Lipinski definition) is 1. The fraction of sp³-hybridized carbons (Fsp3) is 0.385. The Morgan fingerprint density at radius 3 is 2.93 bits per heavy atom. The topological polar surface area (TPSA) is 13.1 Å². The van der Waals surface area contributed by atoms with Gasteiger partial charge >= 0.3 is 0 Å². The third-order valence-corrected chi connectivity index (χ3v) is 3.71. The average molecular weight is 221 g/mol. The molecule has 0 spiro atoms. The highest BCUT2D eigenvalue weighted by Gasteiger charge is 2.40. The first kappa shape index (κ1) is 9.29. The molecule has 0 radical (unpaired) electrons. The molecule has 1 aliphatic carbocycles. The van der Waals surface area contributed by atoms with Crippen LogP contribution in [0.1, 0.15) is 23.7 Å². The van der Waals surface area contributed by atoms with Gasteiger partial charge in [0.1, 0.15) is 11.3 Å². The second-order valence-corrected chi connectivity index (χ2v) is 4.63. The van der Waals surface area contributed by atoms with Crippen LogP contribution in [0.5, 0.6) is 0 Å². The summed E-state index contributed by atoms with van der Waals surface area (Å²) in [6.45, 7) is 2.05. The molecule has 1 fully saturated rings. The molecule has 0 amide bonds. The van der Waals surface area contributed by atoms with Gasteiger partial charge in [-0.15, -0.1) is 11.6 Å². The summed E-state index contributed by atoms with van der Waals surface area (Å²) in [6.07, 6.45) is 1.22. The van der Waals surface area contributed by atoms with Gasteiger partial charge in [0.15, 0.2) is 0 Å². The van der Waals surface area contributed by atoms with Crippen LogP contribution in [0, 0.1) is 12.8 Å². The van der Waals surface area contributed by atoms with E-state index in [1.54, 1.807) is 0 Å². The molecule has 0 bridgehead atoms. The molecule has 1 aromatic heterocycles. The zero-order chi connectivity index (χ0) is 10.4. The molecule has 2 aromatic rings. The van der Waals surface area contributed by atoms with Gasteiger partial charge in [0.25, 0.3) is 0 Å². The van der Waals surface area contributed by atoms with E-state index >= 15 is 0 Å². The van der Waals surface area contributed by atoms with Gasteiger partial charge in [-0.05, 0) is 31.2 Å². The number of fused-ring (bicyclic) bond motifs is 1. The molecule has 2 heteroatoms. The van der Waals surface area contributed by atoms with Gasteiger partial charge in [-0.2, -0.15) is 0 Å². The van der Waals surface area contributed by atoms with Gasteiger partial charge in [0.2, 0.25) is 0 Å². The number of rotatable bonds is 2. The summed E-state index contributed by atoms with van der Waals surface area (Å²) < 4.78 is 5.75. The monoisotopic (exact) mass is 220 g/mol. The predicted octanol–water partition coefficient (Wildman–Crippen LogP) is 4.08. The first-order valence-electron chi connectivity index (χ1n) is 5.35. The molecule has 1 nitrogen and oxygen atoms in total. The Morgan fingerprint density at radius 2 is 2.20 bits per heavy atom. The lowest BCUT2D eigenvalue weighted by Crippen LogP contribution is -1.85. The van der Waals surface area contributed by atoms with Crippen LogP contribution >= 0.6 is 11.6 Å². The van der Waals surface area contributed by atoms with Crippen molar-refractivity contribution >= 4 is 22.6 Å². The first-order valence-corrected chi connectivity index (χ1v) is 5.88. The van der Waals surface area contributed by atoms with Crippen LogP contribution in [0.2, 0.25) is 0 Å². The zero-order valence-corrected chi connectivity index (χ0v) is 9.42. The van der Waals surface area contributed by atoms with E-state index < -0.39 is 0 Å². The van der Waals surface area contributed by atoms with Crippen LogP contribution in [-0.2, 0) is 0 Å². The highest BCUT2D eigenvalue weighted by atomic mass is 35.5. The number of benzene rings is 1. The molecule has 1 aliphatic rings. The number of furan rings is 1. The van der Waals surface area contributed by atoms with E-state index in [-0.39, 0.29) is 0 Å². The Balaban J connectivity index is 2.13. The molecular formula is C13H13ClO. The minimum atomic E-state index is 0.631. The number of hydrogen-bond donors (Lipinski definition) is 0. The second-order valence-electron chi connectivity index (χ2n) is 4.32. The van der Waals surface area contributed by atoms with Crippen molar-refractivity contribution in [1.29, 1.82) is 0 Å². The molecule has 0 aliphatic heterocycles. The van der Waals surface area contributed by atoms with E-state index in [0.29, 0.717) is 11.8 Å². The Bertz CT molecular complexity index is 500. The summed E-state index contributed by atoms with van der Waals surface area (Å²) in [4.78, 5) is 0. The van der Waals surface area contributed by atoms with Crippen molar-refractivity contribution in [1.82, 2.24) is 0 Å². The zero-order valence-electron chi connectivity index (χ0n) is 8.66. The summed E-state index contributed by atoms with van der Waals surface area (Å²) in [5.41, 5.74) is 2.39. The fourth-order valence-corrected chi connectivity index (χ4v) is 2.76. The molecule has 1 heterocycles. The molecule has 15 heavy (non-hydrogen) atoms. The van der Waals surface area contributed by atoms with Gasteiger partial charge in [-0.3, -0.25) is 0 Å². The van der Waals surface area contributed by atoms with Crippen molar-refractivity contribution in [2.45, 2.75) is 19.3 Å². The van der Waals surface area contributed by atoms with Crippen LogP contribution in [-0.4, -0.2) is 5.88 Å². The van der Waals surface area contributed by atoms with Gasteiger partial charge in [-0.1, -0.05) is 18.2 Å². The summed E-state index contributed by atoms with van der Waals surface area (Å²) in [5.74, 6) is 3.12. The quantitative estimate of drug-likeness (QED) is 0.695. The van der Waals surface area contributed by atoms with Gasteiger partial charge < -0.3 is 4.42 Å². The normalized spacial score (nSPS) is 24.7. The smallest absolute Gasteiger partial charge is 0.134 e. The molecule has 3 rings (SSSR count). The number of para-hydroxylation sites is 1. The highest BCUT2D eigenvalue weighted by molar-refractivity contribution is 6.18. The maximum atomic E-state index is 5.88. The van der Waals surface area contributed by atoms with E-state index in [1.165, 1.54) is 17.4 Å². The SMILES string of the molecule is Cc1oc2ccccc2c1C1CC1CCl. The Morgan fingerprint density at radius 1 is 1.40 bits per heavy atom. The minimum Gasteiger partial charge on any atom is -0.461 e. The third kappa shape index (κ3) is 1.37. The van der Waals surface area contributed by atoms with Crippen molar-refractivity contribution in [3.63, 3.8) is 0 Å². The van der Waals surface area contributed by atoms with Crippen LogP contribution < -0.4 is 0 Å². The number of halogens is 1. The second kappa shape index (κ2) is 3.28. The largest absolute Gasteiger partial charge is 0.461 e. The molecule has 1 aromatic carbocycles. The number of aryl methyl sites for hydroxylation is 1.